The first-order valence-corrected chi connectivity index (χ1v) is 9.13. The third-order valence-electron chi connectivity index (χ3n) is 4.57. The minimum Gasteiger partial charge on any atom is -0.368 e. The van der Waals surface area contributed by atoms with Crippen molar-refractivity contribution in [1.82, 2.24) is 15.5 Å². The van der Waals surface area contributed by atoms with Crippen LogP contribution in [-0.2, 0) is 4.79 Å². The zero-order chi connectivity index (χ0) is 19.2. The number of hydrogen-bond acceptors (Lipinski definition) is 3. The maximum absolute atomic E-state index is 13.1. The molecule has 1 aromatic rings. The molecule has 0 unspecified atom stereocenters. The van der Waals surface area contributed by atoms with E-state index < -0.39 is 5.41 Å². The molecule has 152 valence electrons. The normalized spacial score (nSPS) is 15.2. The van der Waals surface area contributed by atoms with Crippen molar-refractivity contribution in [3.8, 4) is 0 Å². The number of aliphatic imine (C=N–C) groups is 1. The van der Waals surface area contributed by atoms with Gasteiger partial charge in [-0.15, -0.1) is 24.0 Å². The highest BCUT2D eigenvalue weighted by atomic mass is 127. The van der Waals surface area contributed by atoms with E-state index in [4.69, 9.17) is 0 Å². The largest absolute Gasteiger partial charge is 0.368 e. The summed E-state index contributed by atoms with van der Waals surface area (Å²) in [7, 11) is 1.65. The van der Waals surface area contributed by atoms with Crippen LogP contribution in [0.1, 0.15) is 20.8 Å². The van der Waals surface area contributed by atoms with Crippen LogP contribution < -0.4 is 15.5 Å². The molecule has 0 aromatic heterocycles. The van der Waals surface area contributed by atoms with E-state index >= 15 is 0 Å². The predicted molar refractivity (Wildman–Crippen MR) is 119 cm³/mol. The second-order valence-electron chi connectivity index (χ2n) is 7.08. The molecule has 1 aliphatic heterocycles. The highest BCUT2D eigenvalue weighted by Crippen LogP contribution is 2.18. The van der Waals surface area contributed by atoms with Gasteiger partial charge >= 0.3 is 0 Å². The Hall–Kier alpha value is -1.58. The summed E-state index contributed by atoms with van der Waals surface area (Å²) >= 11 is 0. The number of rotatable bonds is 5. The summed E-state index contributed by atoms with van der Waals surface area (Å²) in [6.45, 7) is 10.4. The van der Waals surface area contributed by atoms with Gasteiger partial charge in [0.05, 0.1) is 12.0 Å². The Morgan fingerprint density at radius 3 is 2.30 bits per heavy atom. The fraction of sp³-hybridized carbons (Fsp3) is 0.579. The molecule has 1 aromatic carbocycles. The van der Waals surface area contributed by atoms with E-state index in [2.05, 4.69) is 25.4 Å². The molecule has 2 rings (SSSR count). The standard InChI is InChI=1S/C19H30FN5O.HI/c1-5-22-18(23-14-19(2,3)17(26)21-4)25-12-10-24(11-13-25)16-8-6-15(20)7-9-16;/h6-9H,5,10-14H2,1-4H3,(H,21,26)(H,22,23);1H. The van der Waals surface area contributed by atoms with Crippen molar-refractivity contribution < 1.29 is 9.18 Å². The van der Waals surface area contributed by atoms with Crippen molar-refractivity contribution in [2.75, 3.05) is 51.2 Å². The van der Waals surface area contributed by atoms with E-state index in [9.17, 15) is 9.18 Å². The molecule has 0 spiro atoms. The van der Waals surface area contributed by atoms with Crippen LogP contribution in [0.25, 0.3) is 0 Å². The zero-order valence-corrected chi connectivity index (χ0v) is 18.9. The molecule has 0 radical (unpaired) electrons. The van der Waals surface area contributed by atoms with E-state index in [-0.39, 0.29) is 35.7 Å². The van der Waals surface area contributed by atoms with E-state index in [1.54, 1.807) is 7.05 Å². The third kappa shape index (κ3) is 6.51. The van der Waals surface area contributed by atoms with Crippen molar-refractivity contribution in [2.24, 2.45) is 10.4 Å². The molecule has 1 aliphatic rings. The number of nitrogens with zero attached hydrogens (tertiary/aromatic N) is 3. The lowest BCUT2D eigenvalue weighted by Crippen LogP contribution is -2.53. The number of halogens is 2. The summed E-state index contributed by atoms with van der Waals surface area (Å²) < 4.78 is 13.1. The number of carbonyl (C=O) groups excluding carboxylic acids is 1. The van der Waals surface area contributed by atoms with Crippen molar-refractivity contribution in [1.29, 1.82) is 0 Å². The topological polar surface area (TPSA) is 60.0 Å². The van der Waals surface area contributed by atoms with Crippen molar-refractivity contribution in [3.05, 3.63) is 30.1 Å². The summed E-state index contributed by atoms with van der Waals surface area (Å²) in [5.41, 5.74) is 0.486. The first-order valence-electron chi connectivity index (χ1n) is 9.13. The van der Waals surface area contributed by atoms with Gasteiger partial charge in [0.25, 0.3) is 0 Å². The number of guanidine groups is 1. The molecule has 0 saturated carbocycles. The van der Waals surface area contributed by atoms with Gasteiger partial charge in [-0.1, -0.05) is 0 Å². The van der Waals surface area contributed by atoms with Gasteiger partial charge in [-0.25, -0.2) is 4.39 Å². The van der Waals surface area contributed by atoms with Crippen molar-refractivity contribution >= 4 is 41.5 Å². The van der Waals surface area contributed by atoms with Crippen molar-refractivity contribution in [2.45, 2.75) is 20.8 Å². The van der Waals surface area contributed by atoms with Gasteiger partial charge in [0.1, 0.15) is 5.82 Å². The number of hydrogen-bond donors (Lipinski definition) is 2. The molecular formula is C19H31FIN5O. The number of carbonyl (C=O) groups is 1. The highest BCUT2D eigenvalue weighted by Gasteiger charge is 2.27. The maximum Gasteiger partial charge on any atom is 0.227 e. The fourth-order valence-corrected chi connectivity index (χ4v) is 2.94. The van der Waals surface area contributed by atoms with Crippen LogP contribution in [0.5, 0.6) is 0 Å². The molecule has 1 fully saturated rings. The van der Waals surface area contributed by atoms with E-state index in [1.807, 2.05) is 32.9 Å². The summed E-state index contributed by atoms with van der Waals surface area (Å²) in [5, 5.41) is 6.01. The van der Waals surface area contributed by atoms with E-state index in [0.717, 1.165) is 44.4 Å². The van der Waals surface area contributed by atoms with Gasteiger partial charge in [-0.2, -0.15) is 0 Å². The Morgan fingerprint density at radius 2 is 1.78 bits per heavy atom. The van der Waals surface area contributed by atoms with E-state index in [1.165, 1.54) is 12.1 Å². The molecule has 27 heavy (non-hydrogen) atoms. The van der Waals surface area contributed by atoms with E-state index in [0.29, 0.717) is 6.54 Å². The van der Waals surface area contributed by atoms with Gasteiger partial charge in [0, 0.05) is 45.5 Å². The molecular weight excluding hydrogens is 460 g/mol. The summed E-state index contributed by atoms with van der Waals surface area (Å²) in [6.07, 6.45) is 0. The lowest BCUT2D eigenvalue weighted by molar-refractivity contribution is -0.128. The fourth-order valence-electron chi connectivity index (χ4n) is 2.94. The monoisotopic (exact) mass is 491 g/mol. The molecule has 1 amide bonds. The minimum atomic E-state index is -0.550. The molecule has 1 heterocycles. The maximum atomic E-state index is 13.1. The Labute approximate surface area is 178 Å². The number of amides is 1. The van der Waals surface area contributed by atoms with Crippen molar-refractivity contribution in [3.63, 3.8) is 0 Å². The van der Waals surface area contributed by atoms with Crippen LogP contribution in [0.3, 0.4) is 0 Å². The second kappa shape index (κ2) is 10.7. The van der Waals surface area contributed by atoms with Crippen LogP contribution in [0, 0.1) is 11.2 Å². The van der Waals surface area contributed by atoms with Gasteiger partial charge in [-0.05, 0) is 45.0 Å². The lowest BCUT2D eigenvalue weighted by Gasteiger charge is -2.38. The van der Waals surface area contributed by atoms with Gasteiger partial charge in [-0.3, -0.25) is 9.79 Å². The SMILES string of the molecule is CCNC(=NCC(C)(C)C(=O)NC)N1CCN(c2ccc(F)cc2)CC1.I. The number of nitrogens with one attached hydrogen (secondary N) is 2. The Morgan fingerprint density at radius 1 is 1.19 bits per heavy atom. The van der Waals surface area contributed by atoms with Crippen LogP contribution >= 0.6 is 24.0 Å². The molecule has 8 heteroatoms. The molecule has 0 bridgehead atoms. The molecule has 2 N–H and O–H groups in total. The van der Waals surface area contributed by atoms with Crippen LogP contribution in [-0.4, -0.2) is 63.1 Å². The van der Waals surface area contributed by atoms with Crippen LogP contribution in [0.2, 0.25) is 0 Å². The average Bonchev–Trinajstić information content (AvgIpc) is 2.65. The van der Waals surface area contributed by atoms with Crippen LogP contribution in [0.4, 0.5) is 10.1 Å². The summed E-state index contributed by atoms with van der Waals surface area (Å²) in [4.78, 5) is 21.1. The summed E-state index contributed by atoms with van der Waals surface area (Å²) in [6, 6.07) is 6.62. The highest BCUT2D eigenvalue weighted by molar-refractivity contribution is 14.0. The molecule has 1 saturated heterocycles. The van der Waals surface area contributed by atoms with Gasteiger partial charge < -0.3 is 20.4 Å². The molecule has 6 nitrogen and oxygen atoms in total. The Bertz CT molecular complexity index is 627. The Kier molecular flexibility index (Phi) is 9.28. The first kappa shape index (κ1) is 23.5. The summed E-state index contributed by atoms with van der Waals surface area (Å²) in [5.74, 6) is 0.606. The number of piperazine rings is 1. The zero-order valence-electron chi connectivity index (χ0n) is 16.6. The first-order chi connectivity index (χ1) is 12.4. The predicted octanol–water partition coefficient (Wildman–Crippen LogP) is 2.30. The molecule has 0 aliphatic carbocycles. The molecule has 0 atom stereocenters. The number of benzene rings is 1. The third-order valence-corrected chi connectivity index (χ3v) is 4.57. The smallest absolute Gasteiger partial charge is 0.227 e. The van der Waals surface area contributed by atoms with Crippen LogP contribution in [0.15, 0.2) is 29.3 Å². The quantitative estimate of drug-likeness (QED) is 0.377. The second-order valence-corrected chi connectivity index (χ2v) is 7.08. The Balaban J connectivity index is 0.00000364. The van der Waals surface area contributed by atoms with Gasteiger partial charge in [0.15, 0.2) is 5.96 Å². The lowest BCUT2D eigenvalue weighted by atomic mass is 9.93. The average molecular weight is 491 g/mol. The minimum absolute atomic E-state index is 0. The number of anilines is 1. The van der Waals surface area contributed by atoms with Gasteiger partial charge in [0.2, 0.25) is 5.91 Å².